The second kappa shape index (κ2) is 5.09. The number of nitrogens with zero attached hydrogens (tertiary/aromatic N) is 4. The number of aryl methyl sites for hydroxylation is 1. The van der Waals surface area contributed by atoms with E-state index in [0.29, 0.717) is 21.2 Å². The maximum absolute atomic E-state index is 10.7. The van der Waals surface area contributed by atoms with E-state index in [1.54, 1.807) is 22.7 Å². The normalized spacial score (nSPS) is 11.0. The summed E-state index contributed by atoms with van der Waals surface area (Å²) in [5.41, 5.74) is 3.02. The molecule has 2 aromatic heterocycles. The summed E-state index contributed by atoms with van der Waals surface area (Å²) in [7, 11) is 0. The Bertz CT molecular complexity index is 861. The van der Waals surface area contributed by atoms with Crippen LogP contribution < -0.4 is 0 Å². The van der Waals surface area contributed by atoms with Crippen LogP contribution in [-0.4, -0.2) is 19.3 Å². The summed E-state index contributed by atoms with van der Waals surface area (Å²) in [6.45, 7) is 1.89. The molecule has 0 saturated heterocycles. The molecule has 3 rings (SSSR count). The van der Waals surface area contributed by atoms with Gasteiger partial charge < -0.3 is 0 Å². The quantitative estimate of drug-likeness (QED) is 0.389. The monoisotopic (exact) mass is 366 g/mol. The highest BCUT2D eigenvalue weighted by Crippen LogP contribution is 2.32. The first kappa shape index (κ1) is 14.0. The van der Waals surface area contributed by atoms with Crippen LogP contribution in [0.1, 0.15) is 5.56 Å². The van der Waals surface area contributed by atoms with Crippen molar-refractivity contribution in [2.45, 2.75) is 6.92 Å². The number of nitro benzene ring substituents is 1. The fourth-order valence-electron chi connectivity index (χ4n) is 2.02. The van der Waals surface area contributed by atoms with E-state index in [4.69, 9.17) is 11.6 Å². The van der Waals surface area contributed by atoms with Gasteiger partial charge in [-0.25, -0.2) is 9.97 Å². The van der Waals surface area contributed by atoms with Crippen molar-refractivity contribution in [3.63, 3.8) is 0 Å². The van der Waals surface area contributed by atoms with Gasteiger partial charge in [-0.2, -0.15) is 0 Å². The van der Waals surface area contributed by atoms with Crippen molar-refractivity contribution >= 4 is 38.9 Å². The Balaban J connectivity index is 2.21. The topological polar surface area (TPSA) is 73.3 Å². The van der Waals surface area contributed by atoms with Gasteiger partial charge in [-0.1, -0.05) is 0 Å². The van der Waals surface area contributed by atoms with Crippen molar-refractivity contribution in [1.29, 1.82) is 0 Å². The number of imidazole rings is 1. The van der Waals surface area contributed by atoms with Crippen molar-refractivity contribution in [1.82, 2.24) is 14.4 Å². The molecule has 0 radical (unpaired) electrons. The first-order valence-electron chi connectivity index (χ1n) is 5.93. The molecule has 0 amide bonds. The summed E-state index contributed by atoms with van der Waals surface area (Å²) in [6.07, 6.45) is 1.65. The van der Waals surface area contributed by atoms with E-state index in [1.807, 2.05) is 6.92 Å². The van der Waals surface area contributed by atoms with Crippen molar-refractivity contribution in [3.05, 3.63) is 56.0 Å². The van der Waals surface area contributed by atoms with Crippen LogP contribution in [0.4, 0.5) is 5.69 Å². The number of aromatic nitrogens is 3. The van der Waals surface area contributed by atoms with Gasteiger partial charge in [-0.15, -0.1) is 0 Å². The summed E-state index contributed by atoms with van der Waals surface area (Å²) in [4.78, 5) is 18.9. The number of halogens is 2. The fourth-order valence-corrected chi connectivity index (χ4v) is 2.99. The molecule has 0 fully saturated rings. The van der Waals surface area contributed by atoms with E-state index in [1.165, 1.54) is 12.1 Å². The Morgan fingerprint density at radius 1 is 1.33 bits per heavy atom. The van der Waals surface area contributed by atoms with E-state index >= 15 is 0 Å². The highest BCUT2D eigenvalue weighted by Gasteiger charge is 2.16. The first-order valence-corrected chi connectivity index (χ1v) is 7.10. The van der Waals surface area contributed by atoms with E-state index in [0.717, 1.165) is 11.1 Å². The van der Waals surface area contributed by atoms with Crippen molar-refractivity contribution in [2.24, 2.45) is 0 Å². The molecule has 3 aromatic rings. The van der Waals surface area contributed by atoms with Crippen LogP contribution >= 0.6 is 27.5 Å². The Hall–Kier alpha value is -1.99. The molecule has 8 heteroatoms. The van der Waals surface area contributed by atoms with Crippen LogP contribution in [0, 0.1) is 17.0 Å². The van der Waals surface area contributed by atoms with Gasteiger partial charge in [-0.3, -0.25) is 14.5 Å². The average molecular weight is 368 g/mol. The van der Waals surface area contributed by atoms with Gasteiger partial charge in [-0.05, 0) is 46.6 Å². The Morgan fingerprint density at radius 3 is 2.57 bits per heavy atom. The van der Waals surface area contributed by atoms with E-state index in [2.05, 4.69) is 25.9 Å². The molecular formula is C13H8BrClN4O2. The zero-order chi connectivity index (χ0) is 15.1. The highest BCUT2D eigenvalue weighted by atomic mass is 79.9. The van der Waals surface area contributed by atoms with Gasteiger partial charge in [0.15, 0.2) is 0 Å². The second-order valence-corrected chi connectivity index (χ2v) is 5.51. The van der Waals surface area contributed by atoms with Crippen molar-refractivity contribution in [3.8, 4) is 11.3 Å². The molecule has 1 aromatic carbocycles. The smallest absolute Gasteiger partial charge is 0.260 e. The van der Waals surface area contributed by atoms with Gasteiger partial charge in [0.25, 0.3) is 5.69 Å². The molecule has 0 atom stereocenters. The molecule has 6 nitrogen and oxygen atoms in total. The number of non-ortho nitro benzene ring substituents is 1. The Kier molecular flexibility index (Phi) is 3.38. The molecule has 0 aliphatic rings. The van der Waals surface area contributed by atoms with E-state index in [-0.39, 0.29) is 5.69 Å². The van der Waals surface area contributed by atoms with Crippen LogP contribution in [0.2, 0.25) is 5.28 Å². The molecule has 0 aliphatic carbocycles. The molecule has 0 N–H and O–H groups in total. The lowest BCUT2D eigenvalue weighted by molar-refractivity contribution is -0.384. The third-order valence-corrected chi connectivity index (χ3v) is 4.07. The third kappa shape index (κ3) is 2.28. The molecule has 2 heterocycles. The maximum atomic E-state index is 10.7. The minimum atomic E-state index is -0.437. The Morgan fingerprint density at radius 2 is 2.00 bits per heavy atom. The summed E-state index contributed by atoms with van der Waals surface area (Å²) < 4.78 is 2.35. The second-order valence-electron chi connectivity index (χ2n) is 4.42. The lowest BCUT2D eigenvalue weighted by atomic mass is 10.1. The summed E-state index contributed by atoms with van der Waals surface area (Å²) in [5.74, 6) is 0. The minimum absolute atomic E-state index is 0.0366. The van der Waals surface area contributed by atoms with E-state index in [9.17, 15) is 10.1 Å². The minimum Gasteiger partial charge on any atom is -0.260 e. The molecule has 0 spiro atoms. The van der Waals surface area contributed by atoms with Crippen LogP contribution in [0.3, 0.4) is 0 Å². The van der Waals surface area contributed by atoms with Gasteiger partial charge in [0.05, 0.1) is 4.92 Å². The third-order valence-electron chi connectivity index (χ3n) is 3.07. The molecule has 0 saturated carbocycles. The van der Waals surface area contributed by atoms with Crippen LogP contribution in [0.25, 0.3) is 16.9 Å². The predicted octanol–water partition coefficient (Wildman–Crippen LogP) is 4.03. The number of rotatable bonds is 2. The van der Waals surface area contributed by atoms with Gasteiger partial charge in [0, 0.05) is 29.5 Å². The summed E-state index contributed by atoms with van der Waals surface area (Å²) >= 11 is 9.56. The van der Waals surface area contributed by atoms with Gasteiger partial charge in [0.2, 0.25) is 5.28 Å². The Labute approximate surface area is 132 Å². The van der Waals surface area contributed by atoms with Crippen LogP contribution in [0.15, 0.2) is 35.1 Å². The van der Waals surface area contributed by atoms with Crippen LogP contribution in [-0.2, 0) is 0 Å². The largest absolute Gasteiger partial charge is 0.269 e. The number of nitro groups is 1. The standard InChI is InChI=1S/C13H8BrClN4O2/c1-7-6-16-13(15)18-11(14)10(17-12(7)18)8-2-4-9(5-3-8)19(20)21/h2-6H,1H3. The molecule has 106 valence electrons. The number of hydrogen-bond acceptors (Lipinski definition) is 4. The molecule has 0 aliphatic heterocycles. The first-order chi connectivity index (χ1) is 9.99. The summed E-state index contributed by atoms with van der Waals surface area (Å²) in [5, 5.41) is 11.0. The lowest BCUT2D eigenvalue weighted by Crippen LogP contribution is -1.93. The number of benzene rings is 1. The number of fused-ring (bicyclic) bond motifs is 1. The molecule has 21 heavy (non-hydrogen) atoms. The molecular weight excluding hydrogens is 360 g/mol. The maximum Gasteiger partial charge on any atom is 0.269 e. The zero-order valence-corrected chi connectivity index (χ0v) is 13.1. The van der Waals surface area contributed by atoms with Gasteiger partial charge >= 0.3 is 0 Å². The number of hydrogen-bond donors (Lipinski definition) is 0. The van der Waals surface area contributed by atoms with Gasteiger partial charge in [0.1, 0.15) is 15.9 Å². The zero-order valence-electron chi connectivity index (χ0n) is 10.7. The highest BCUT2D eigenvalue weighted by molar-refractivity contribution is 9.10. The van der Waals surface area contributed by atoms with Crippen molar-refractivity contribution in [2.75, 3.05) is 0 Å². The van der Waals surface area contributed by atoms with E-state index < -0.39 is 4.92 Å². The summed E-state index contributed by atoms with van der Waals surface area (Å²) in [6, 6.07) is 6.19. The fraction of sp³-hybridized carbons (Fsp3) is 0.0769. The predicted molar refractivity (Wildman–Crippen MR) is 82.5 cm³/mol. The molecule has 0 bridgehead atoms. The SMILES string of the molecule is Cc1cnc(Cl)n2c(Br)c(-c3ccc([N+](=O)[O-])cc3)nc12. The lowest BCUT2D eigenvalue weighted by Gasteiger charge is -2.00. The average Bonchev–Trinajstić information content (AvgIpc) is 2.82. The van der Waals surface area contributed by atoms with Crippen molar-refractivity contribution < 1.29 is 4.92 Å². The van der Waals surface area contributed by atoms with Crippen LogP contribution in [0.5, 0.6) is 0 Å². The molecule has 0 unspecified atom stereocenters.